The molecule has 0 N–H and O–H groups in total. The van der Waals surface area contributed by atoms with Gasteiger partial charge in [-0.05, 0) is 128 Å². The zero-order valence-electron chi connectivity index (χ0n) is 57.7. The molecule has 2 unspecified atom stereocenters. The van der Waals surface area contributed by atoms with Crippen LogP contribution in [0.25, 0.3) is 112 Å². The van der Waals surface area contributed by atoms with Gasteiger partial charge in [0.1, 0.15) is 23.0 Å². The zero-order chi connectivity index (χ0) is 72.5. The van der Waals surface area contributed by atoms with Gasteiger partial charge in [-0.25, -0.2) is 19.9 Å². The molecule has 14 aromatic carbocycles. The third-order valence-corrected chi connectivity index (χ3v) is 21.3. The summed E-state index contributed by atoms with van der Waals surface area (Å²) in [4.78, 5) is 20.5. The molecule has 500 valence electrons. The molecule has 2 aromatic heterocycles. The number of fused-ring (bicyclic) bond motifs is 18. The van der Waals surface area contributed by atoms with Crippen LogP contribution in [0, 0.1) is 45.3 Å². The molecule has 0 amide bonds. The van der Waals surface area contributed by atoms with E-state index >= 15 is 0 Å². The molecule has 16 aromatic rings. The van der Waals surface area contributed by atoms with Crippen LogP contribution in [-0.2, 0) is 10.8 Å². The maximum atomic E-state index is 10.3. The van der Waals surface area contributed by atoms with E-state index in [4.69, 9.17) is 29.4 Å². The van der Waals surface area contributed by atoms with Crippen molar-refractivity contribution in [1.29, 1.82) is 21.0 Å². The predicted molar refractivity (Wildman–Crippen MR) is 421 cm³/mol. The third kappa shape index (κ3) is 10.1. The molecule has 0 fully saturated rings. The molecule has 4 heterocycles. The van der Waals surface area contributed by atoms with Crippen molar-refractivity contribution in [3.8, 4) is 160 Å². The Morgan fingerprint density at radius 1 is 0.231 bits per heavy atom. The minimum atomic E-state index is -0.751. The quantitative estimate of drug-likeness (QED) is 0.143. The lowest BCUT2D eigenvalue weighted by molar-refractivity contribution is 0.437. The number of aromatic nitrogens is 4. The fourth-order valence-corrected chi connectivity index (χ4v) is 16.8. The van der Waals surface area contributed by atoms with Gasteiger partial charge in [0.15, 0.2) is 11.6 Å². The molecule has 108 heavy (non-hydrogen) atoms. The van der Waals surface area contributed by atoms with E-state index in [1.807, 2.05) is 140 Å². The normalized spacial score (nSPS) is 14.5. The van der Waals surface area contributed by atoms with E-state index in [9.17, 15) is 21.0 Å². The zero-order valence-corrected chi connectivity index (χ0v) is 57.7. The summed E-state index contributed by atoms with van der Waals surface area (Å²) in [7, 11) is 0. The number of nitrogens with zero attached hydrogens (tertiary/aromatic N) is 8. The number of benzene rings is 14. The number of ether oxygens (including phenoxy) is 2. The molecule has 4 aliphatic rings. The Morgan fingerprint density at radius 2 is 0.593 bits per heavy atom. The summed E-state index contributed by atoms with van der Waals surface area (Å²) < 4.78 is 14.0. The lowest BCUT2D eigenvalue weighted by atomic mass is 9.65. The SMILES string of the molecule is N#Cc1cc(C#N)cc(-c2cccc3c2-c2ccccc2C32c3ccccc3Oc3c(-c4cc(-c5ccccc5)nc(-c5ccccc5)n4)cccc32)c1.N#Cc1ccc(-c2cccc3c2-c2ccccc2C32c3ccccc3Oc3c(-c4cc(-c5ccccc5)nc(-c5ccccc5)n4)cccc32)c(C#N)c1. The molecule has 0 radical (unpaired) electrons. The van der Waals surface area contributed by atoms with Gasteiger partial charge in [-0.15, -0.1) is 0 Å². The van der Waals surface area contributed by atoms with Gasteiger partial charge in [0, 0.05) is 61.2 Å². The topological polar surface area (TPSA) is 165 Å². The molecule has 0 saturated heterocycles. The summed E-state index contributed by atoms with van der Waals surface area (Å²) in [6.07, 6.45) is 0. The van der Waals surface area contributed by atoms with Crippen LogP contribution in [0.3, 0.4) is 0 Å². The van der Waals surface area contributed by atoms with E-state index < -0.39 is 10.8 Å². The molecular weight excluding hydrogens is 1320 g/mol. The van der Waals surface area contributed by atoms with Gasteiger partial charge in [0.2, 0.25) is 0 Å². The van der Waals surface area contributed by atoms with Crippen molar-refractivity contribution < 1.29 is 9.47 Å². The molecule has 0 saturated carbocycles. The second kappa shape index (κ2) is 25.9. The van der Waals surface area contributed by atoms with Gasteiger partial charge >= 0.3 is 0 Å². The van der Waals surface area contributed by atoms with Crippen LogP contribution in [0.2, 0.25) is 0 Å². The van der Waals surface area contributed by atoms with Gasteiger partial charge in [-0.1, -0.05) is 273 Å². The van der Waals surface area contributed by atoms with E-state index in [0.717, 1.165) is 168 Å². The first-order valence-electron chi connectivity index (χ1n) is 35.6. The predicted octanol–water partition coefficient (Wildman–Crippen LogP) is 22.7. The highest BCUT2D eigenvalue weighted by molar-refractivity contribution is 6.00. The standard InChI is InChI=1S/2C49H28N4O/c50-29-31-25-32(30-51)27-35(26-31)36-18-11-22-41-46(36)37-17-7-8-20-39(37)49(41)40-21-9-10-24-45(40)54-47-38(19-12-23-42(47)49)44-28-43(33-13-3-1-4-14-33)52-48(53-44)34-15-5-2-6-16-34;50-29-31-25-26-35(34(27-31)30-51)36-18-11-22-41-46(36)37-17-7-8-20-39(37)49(41)40-21-9-10-24-45(40)54-47-38(19-12-23-42(47)49)44-28-43(32-13-3-1-4-14-32)52-48(53-44)33-15-5-2-6-16-33/h2*1-28H. The Bertz CT molecular complexity index is 6420. The summed E-state index contributed by atoms with van der Waals surface area (Å²) in [6, 6.07) is 124. The number of para-hydroxylation sites is 4. The number of hydrogen-bond donors (Lipinski definition) is 0. The first-order valence-corrected chi connectivity index (χ1v) is 35.6. The Morgan fingerprint density at radius 3 is 1.05 bits per heavy atom. The van der Waals surface area contributed by atoms with E-state index in [0.29, 0.717) is 33.9 Å². The third-order valence-electron chi connectivity index (χ3n) is 21.3. The first kappa shape index (κ1) is 63.7. The van der Waals surface area contributed by atoms with Crippen LogP contribution >= 0.6 is 0 Å². The lowest BCUT2D eigenvalue weighted by Gasteiger charge is -2.40. The van der Waals surface area contributed by atoms with Crippen LogP contribution in [0.1, 0.15) is 66.8 Å². The summed E-state index contributed by atoms with van der Waals surface area (Å²) in [5.41, 5.74) is 25.4. The molecule has 2 aliphatic carbocycles. The smallest absolute Gasteiger partial charge is 0.160 e. The Labute approximate surface area is 623 Å². The van der Waals surface area contributed by atoms with Crippen LogP contribution in [0.15, 0.2) is 340 Å². The number of nitriles is 4. The van der Waals surface area contributed by atoms with Crippen LogP contribution in [0.5, 0.6) is 23.0 Å². The van der Waals surface area contributed by atoms with Gasteiger partial charge in [0.25, 0.3) is 0 Å². The van der Waals surface area contributed by atoms with Crippen LogP contribution in [-0.4, -0.2) is 19.9 Å². The fraction of sp³-hybridized carbons (Fsp3) is 0.0204. The molecule has 10 nitrogen and oxygen atoms in total. The maximum absolute atomic E-state index is 10.3. The molecule has 10 heteroatoms. The van der Waals surface area contributed by atoms with Crippen molar-refractivity contribution in [3.05, 3.63) is 406 Å². The fourth-order valence-electron chi connectivity index (χ4n) is 16.8. The number of hydrogen-bond acceptors (Lipinski definition) is 10. The van der Waals surface area contributed by atoms with E-state index in [1.54, 1.807) is 18.2 Å². The van der Waals surface area contributed by atoms with Gasteiger partial charge in [0.05, 0.1) is 80.1 Å². The Balaban J connectivity index is 0.000000147. The Hall–Kier alpha value is -15.2. The van der Waals surface area contributed by atoms with Crippen LogP contribution in [0.4, 0.5) is 0 Å². The Kier molecular flexibility index (Phi) is 15.3. The molecule has 2 atom stereocenters. The summed E-state index contributed by atoms with van der Waals surface area (Å²) in [5.74, 6) is 4.27. The maximum Gasteiger partial charge on any atom is 0.160 e. The molecule has 2 spiro atoms. The van der Waals surface area contributed by atoms with Crippen LogP contribution < -0.4 is 9.47 Å². The summed E-state index contributed by atoms with van der Waals surface area (Å²) in [6.45, 7) is 0. The average Bonchev–Trinajstić information content (AvgIpc) is 1.49. The van der Waals surface area contributed by atoms with Crippen molar-refractivity contribution in [2.24, 2.45) is 0 Å². The molecule has 20 rings (SSSR count). The lowest BCUT2D eigenvalue weighted by Crippen LogP contribution is -2.32. The first-order chi connectivity index (χ1) is 53.3. The average molecular weight is 1380 g/mol. The second-order valence-electron chi connectivity index (χ2n) is 27.0. The molecule has 2 aliphatic heterocycles. The molecular formula is C98H56N8O2. The highest BCUT2D eigenvalue weighted by Crippen LogP contribution is 2.67. The minimum absolute atomic E-state index is 0.448. The highest BCUT2D eigenvalue weighted by Gasteiger charge is 2.54. The van der Waals surface area contributed by atoms with Gasteiger partial charge in [-0.2, -0.15) is 21.0 Å². The van der Waals surface area contributed by atoms with Crippen molar-refractivity contribution >= 4 is 0 Å². The van der Waals surface area contributed by atoms with Crippen molar-refractivity contribution in [1.82, 2.24) is 19.9 Å². The minimum Gasteiger partial charge on any atom is -0.456 e. The molecule has 0 bridgehead atoms. The summed E-state index contributed by atoms with van der Waals surface area (Å²) >= 11 is 0. The van der Waals surface area contributed by atoms with Crippen molar-refractivity contribution in [3.63, 3.8) is 0 Å². The number of rotatable bonds is 8. The van der Waals surface area contributed by atoms with Gasteiger partial charge < -0.3 is 9.47 Å². The highest BCUT2D eigenvalue weighted by atomic mass is 16.5. The van der Waals surface area contributed by atoms with Gasteiger partial charge in [-0.3, -0.25) is 0 Å². The van der Waals surface area contributed by atoms with E-state index in [-0.39, 0.29) is 0 Å². The van der Waals surface area contributed by atoms with E-state index in [1.165, 1.54) is 0 Å². The monoisotopic (exact) mass is 1380 g/mol. The largest absolute Gasteiger partial charge is 0.456 e. The van der Waals surface area contributed by atoms with Crippen molar-refractivity contribution in [2.75, 3.05) is 0 Å². The van der Waals surface area contributed by atoms with E-state index in [2.05, 4.69) is 206 Å². The summed E-state index contributed by atoms with van der Waals surface area (Å²) in [5, 5.41) is 39.7. The van der Waals surface area contributed by atoms with Crippen molar-refractivity contribution in [2.45, 2.75) is 10.8 Å². The second-order valence-corrected chi connectivity index (χ2v) is 27.0.